The van der Waals surface area contributed by atoms with Gasteiger partial charge in [0.15, 0.2) is 6.29 Å². The molecule has 0 atom stereocenters. The Kier molecular flexibility index (Phi) is 4.93. The number of pyridine rings is 1. The Morgan fingerprint density at radius 3 is 2.90 bits per heavy atom. The Labute approximate surface area is 123 Å². The molecule has 0 fully saturated rings. The van der Waals surface area contributed by atoms with Crippen LogP contribution in [0.25, 0.3) is 11.3 Å². The van der Waals surface area contributed by atoms with Crippen LogP contribution in [0.1, 0.15) is 22.5 Å². The van der Waals surface area contributed by atoms with E-state index in [4.69, 9.17) is 16.3 Å². The molecular formula is C15H17ClN2O2. The quantitative estimate of drug-likeness (QED) is 0.606. The van der Waals surface area contributed by atoms with E-state index in [1.54, 1.807) is 19.5 Å². The molecule has 0 spiro atoms. The predicted octanol–water partition coefficient (Wildman–Crippen LogP) is 3.36. The largest absolute Gasteiger partial charge is 0.385 e. The standard InChI is InChI=1S/C15H17ClN2O2/c1-11-13(10-19)14(16)15(12-5-3-6-17-9-12)18(11)7-4-8-20-2/h3,5-6,9-10H,4,7-8H2,1-2H3. The maximum atomic E-state index is 11.2. The minimum Gasteiger partial charge on any atom is -0.385 e. The summed E-state index contributed by atoms with van der Waals surface area (Å²) in [6.07, 6.45) is 5.13. The van der Waals surface area contributed by atoms with E-state index in [1.807, 2.05) is 19.1 Å². The molecule has 0 saturated heterocycles. The summed E-state index contributed by atoms with van der Waals surface area (Å²) in [6, 6.07) is 3.79. The zero-order chi connectivity index (χ0) is 14.5. The van der Waals surface area contributed by atoms with Crippen LogP contribution in [-0.2, 0) is 11.3 Å². The number of aldehydes is 1. The van der Waals surface area contributed by atoms with Crippen LogP contribution in [0.4, 0.5) is 0 Å². The number of carbonyl (C=O) groups excluding carboxylic acids is 1. The van der Waals surface area contributed by atoms with Crippen molar-refractivity contribution >= 4 is 17.9 Å². The molecule has 2 aromatic heterocycles. The summed E-state index contributed by atoms with van der Waals surface area (Å²) in [4.78, 5) is 15.4. The molecule has 0 unspecified atom stereocenters. The van der Waals surface area contributed by atoms with Crippen LogP contribution < -0.4 is 0 Å². The number of halogens is 1. The normalized spacial score (nSPS) is 10.8. The average molecular weight is 293 g/mol. The van der Waals surface area contributed by atoms with Crippen LogP contribution in [-0.4, -0.2) is 29.6 Å². The highest BCUT2D eigenvalue weighted by atomic mass is 35.5. The SMILES string of the molecule is COCCCn1c(C)c(C=O)c(Cl)c1-c1cccnc1. The summed E-state index contributed by atoms with van der Waals surface area (Å²) in [5.41, 5.74) is 3.17. The lowest BCUT2D eigenvalue weighted by atomic mass is 10.2. The van der Waals surface area contributed by atoms with Gasteiger partial charge in [-0.1, -0.05) is 11.6 Å². The summed E-state index contributed by atoms with van der Waals surface area (Å²) < 4.78 is 7.14. The molecule has 0 saturated carbocycles. The first kappa shape index (κ1) is 14.8. The number of methoxy groups -OCH3 is 1. The number of rotatable bonds is 6. The summed E-state index contributed by atoms with van der Waals surface area (Å²) in [7, 11) is 1.67. The van der Waals surface area contributed by atoms with Gasteiger partial charge in [0.2, 0.25) is 0 Å². The van der Waals surface area contributed by atoms with Gasteiger partial charge in [-0.2, -0.15) is 0 Å². The second-order valence-corrected chi connectivity index (χ2v) is 4.90. The lowest BCUT2D eigenvalue weighted by Crippen LogP contribution is -2.05. The molecule has 4 nitrogen and oxygen atoms in total. The number of hydrogen-bond donors (Lipinski definition) is 0. The van der Waals surface area contributed by atoms with Gasteiger partial charge in [0.1, 0.15) is 0 Å². The molecule has 0 aliphatic heterocycles. The van der Waals surface area contributed by atoms with Crippen molar-refractivity contribution in [3.05, 3.63) is 40.8 Å². The summed E-state index contributed by atoms with van der Waals surface area (Å²) in [5, 5.41) is 0.489. The Morgan fingerprint density at radius 1 is 1.50 bits per heavy atom. The zero-order valence-electron chi connectivity index (χ0n) is 11.6. The van der Waals surface area contributed by atoms with E-state index in [0.717, 1.165) is 36.2 Å². The molecule has 2 heterocycles. The molecule has 0 aliphatic carbocycles. The van der Waals surface area contributed by atoms with Crippen molar-refractivity contribution in [2.75, 3.05) is 13.7 Å². The fourth-order valence-corrected chi connectivity index (χ4v) is 2.68. The molecule has 0 amide bonds. The predicted molar refractivity (Wildman–Crippen MR) is 79.3 cm³/mol. The number of nitrogens with zero attached hydrogens (tertiary/aromatic N) is 2. The van der Waals surface area contributed by atoms with E-state index in [9.17, 15) is 4.79 Å². The van der Waals surface area contributed by atoms with Gasteiger partial charge >= 0.3 is 0 Å². The van der Waals surface area contributed by atoms with Crippen LogP contribution >= 0.6 is 11.6 Å². The average Bonchev–Trinajstić information content (AvgIpc) is 2.71. The molecule has 0 radical (unpaired) electrons. The van der Waals surface area contributed by atoms with Crippen LogP contribution in [0.2, 0.25) is 5.02 Å². The molecule has 2 rings (SSSR count). The van der Waals surface area contributed by atoms with Gasteiger partial charge < -0.3 is 9.30 Å². The first-order chi connectivity index (χ1) is 9.70. The zero-order valence-corrected chi connectivity index (χ0v) is 12.4. The Bertz CT molecular complexity index is 594. The fourth-order valence-electron chi connectivity index (χ4n) is 2.29. The van der Waals surface area contributed by atoms with E-state index in [0.29, 0.717) is 17.2 Å². The first-order valence-corrected chi connectivity index (χ1v) is 6.81. The van der Waals surface area contributed by atoms with E-state index in [1.165, 1.54) is 0 Å². The van der Waals surface area contributed by atoms with Crippen LogP contribution in [0.5, 0.6) is 0 Å². The number of hydrogen-bond acceptors (Lipinski definition) is 3. The maximum absolute atomic E-state index is 11.2. The second kappa shape index (κ2) is 6.68. The van der Waals surface area contributed by atoms with E-state index >= 15 is 0 Å². The molecular weight excluding hydrogens is 276 g/mol. The van der Waals surface area contributed by atoms with Gasteiger partial charge in [-0.25, -0.2) is 0 Å². The monoisotopic (exact) mass is 292 g/mol. The molecule has 2 aromatic rings. The van der Waals surface area contributed by atoms with Gasteiger partial charge in [-0.15, -0.1) is 0 Å². The Balaban J connectivity index is 2.50. The number of aromatic nitrogens is 2. The fraction of sp³-hybridized carbons (Fsp3) is 0.333. The van der Waals surface area contributed by atoms with Gasteiger partial charge in [0.25, 0.3) is 0 Å². The van der Waals surface area contributed by atoms with Crippen LogP contribution in [0.15, 0.2) is 24.5 Å². The van der Waals surface area contributed by atoms with E-state index in [2.05, 4.69) is 9.55 Å². The molecule has 106 valence electrons. The molecule has 5 heteroatoms. The van der Waals surface area contributed by atoms with Crippen molar-refractivity contribution in [3.63, 3.8) is 0 Å². The summed E-state index contributed by atoms with van der Waals surface area (Å²) in [5.74, 6) is 0. The van der Waals surface area contributed by atoms with Crippen molar-refractivity contribution in [2.24, 2.45) is 0 Å². The highest BCUT2D eigenvalue weighted by Crippen LogP contribution is 2.34. The third kappa shape index (κ3) is 2.76. The second-order valence-electron chi connectivity index (χ2n) is 4.52. The Hall–Kier alpha value is -1.65. The lowest BCUT2D eigenvalue weighted by molar-refractivity contribution is 0.112. The third-order valence-electron chi connectivity index (χ3n) is 3.29. The van der Waals surface area contributed by atoms with Crippen molar-refractivity contribution in [3.8, 4) is 11.3 Å². The van der Waals surface area contributed by atoms with Gasteiger partial charge in [-0.05, 0) is 25.5 Å². The lowest BCUT2D eigenvalue weighted by Gasteiger charge is -2.11. The highest BCUT2D eigenvalue weighted by molar-refractivity contribution is 6.35. The van der Waals surface area contributed by atoms with E-state index < -0.39 is 0 Å². The van der Waals surface area contributed by atoms with Gasteiger partial charge in [0, 0.05) is 43.9 Å². The molecule has 0 aromatic carbocycles. The summed E-state index contributed by atoms with van der Waals surface area (Å²) >= 11 is 6.37. The van der Waals surface area contributed by atoms with Crippen molar-refractivity contribution in [1.29, 1.82) is 0 Å². The number of carbonyl (C=O) groups is 1. The number of ether oxygens (including phenoxy) is 1. The molecule has 20 heavy (non-hydrogen) atoms. The van der Waals surface area contributed by atoms with Gasteiger partial charge in [-0.3, -0.25) is 9.78 Å². The topological polar surface area (TPSA) is 44.1 Å². The molecule has 0 N–H and O–H groups in total. The first-order valence-electron chi connectivity index (χ1n) is 6.43. The molecule has 0 aliphatic rings. The smallest absolute Gasteiger partial charge is 0.153 e. The highest BCUT2D eigenvalue weighted by Gasteiger charge is 2.19. The Morgan fingerprint density at radius 2 is 2.30 bits per heavy atom. The third-order valence-corrected chi connectivity index (χ3v) is 3.67. The minimum absolute atomic E-state index is 0.489. The van der Waals surface area contributed by atoms with Crippen molar-refractivity contribution in [2.45, 2.75) is 19.9 Å². The molecule has 0 bridgehead atoms. The van der Waals surface area contributed by atoms with E-state index in [-0.39, 0.29) is 0 Å². The summed E-state index contributed by atoms with van der Waals surface area (Å²) in [6.45, 7) is 3.32. The van der Waals surface area contributed by atoms with Crippen molar-refractivity contribution in [1.82, 2.24) is 9.55 Å². The maximum Gasteiger partial charge on any atom is 0.153 e. The van der Waals surface area contributed by atoms with Crippen LogP contribution in [0.3, 0.4) is 0 Å². The van der Waals surface area contributed by atoms with Gasteiger partial charge in [0.05, 0.1) is 16.3 Å². The minimum atomic E-state index is 0.489. The van der Waals surface area contributed by atoms with Crippen LogP contribution in [0, 0.1) is 6.92 Å². The van der Waals surface area contributed by atoms with Crippen molar-refractivity contribution < 1.29 is 9.53 Å².